The lowest BCUT2D eigenvalue weighted by Gasteiger charge is -2.25. The molecule has 1 aliphatic carbocycles. The number of methoxy groups -OCH3 is 1. The molecule has 2 aliphatic rings. The highest BCUT2D eigenvalue weighted by Gasteiger charge is 2.45. The summed E-state index contributed by atoms with van der Waals surface area (Å²) in [6, 6.07) is 11.5. The number of benzene rings is 2. The van der Waals surface area contributed by atoms with Crippen molar-refractivity contribution < 1.29 is 29.0 Å². The number of esters is 1. The number of nitrogens with zero attached hydrogens (tertiary/aromatic N) is 1. The van der Waals surface area contributed by atoms with Crippen molar-refractivity contribution in [2.45, 2.75) is 38.6 Å². The van der Waals surface area contributed by atoms with Crippen molar-refractivity contribution in [3.63, 3.8) is 0 Å². The molecule has 2 aromatic rings. The molecule has 1 amide bonds. The largest absolute Gasteiger partial charge is 0.507 e. The minimum Gasteiger partial charge on any atom is -0.507 e. The highest BCUT2D eigenvalue weighted by Crippen LogP contribution is 2.40. The van der Waals surface area contributed by atoms with E-state index in [1.807, 2.05) is 18.2 Å². The number of carbonyl (C=O) groups is 3. The third kappa shape index (κ3) is 4.54. The molecule has 1 unspecified atom stereocenters. The molecule has 1 atom stereocenters. The molecule has 7 nitrogen and oxygen atoms in total. The number of ether oxygens (including phenoxy) is 2. The summed E-state index contributed by atoms with van der Waals surface area (Å²) in [6.07, 6.45) is 4.17. The van der Waals surface area contributed by atoms with Crippen molar-refractivity contribution in [2.75, 3.05) is 20.3 Å². The molecule has 0 radical (unpaired) electrons. The predicted molar refractivity (Wildman–Crippen MR) is 122 cm³/mol. The Bertz CT molecular complexity index is 1120. The number of aliphatic hydroxyl groups is 1. The number of Topliss-reactive ketones (excluding diaryl/α,β-unsaturated/α-hetero) is 1. The van der Waals surface area contributed by atoms with E-state index in [1.54, 1.807) is 24.3 Å². The molecule has 4 rings (SSSR count). The van der Waals surface area contributed by atoms with Crippen LogP contribution in [0.2, 0.25) is 0 Å². The summed E-state index contributed by atoms with van der Waals surface area (Å²) in [6.45, 7) is 1.75. The van der Waals surface area contributed by atoms with Crippen LogP contribution in [0.4, 0.5) is 0 Å². The van der Waals surface area contributed by atoms with Crippen LogP contribution in [-0.4, -0.2) is 47.9 Å². The summed E-state index contributed by atoms with van der Waals surface area (Å²) >= 11 is 0. The van der Waals surface area contributed by atoms with Crippen molar-refractivity contribution >= 4 is 23.4 Å². The van der Waals surface area contributed by atoms with Gasteiger partial charge >= 0.3 is 5.97 Å². The normalized spacial score (nSPS) is 19.5. The number of rotatable bonds is 6. The van der Waals surface area contributed by atoms with E-state index in [2.05, 4.69) is 0 Å². The molecule has 0 aromatic heterocycles. The van der Waals surface area contributed by atoms with Crippen LogP contribution in [0.5, 0.6) is 5.75 Å². The SMILES string of the molecule is COCCN1C(=O)C(=O)/C(=C(\O)c2ccc3c(c2)CCCC3)C1c1ccc(OC(C)=O)cc1. The summed E-state index contributed by atoms with van der Waals surface area (Å²) in [4.78, 5) is 38.6. The Morgan fingerprint density at radius 1 is 1.06 bits per heavy atom. The van der Waals surface area contributed by atoms with Gasteiger partial charge in [-0.25, -0.2) is 0 Å². The number of aryl methyl sites for hydroxylation is 2. The maximum Gasteiger partial charge on any atom is 0.308 e. The molecule has 1 fully saturated rings. The Balaban J connectivity index is 1.79. The molecule has 0 saturated carbocycles. The third-order valence-electron chi connectivity index (χ3n) is 6.16. The smallest absolute Gasteiger partial charge is 0.308 e. The standard InChI is InChI=1S/C26H27NO6/c1-16(28)33-21-11-9-18(10-12-21)23-22(25(30)26(31)27(23)13-14-32-2)24(29)20-8-7-17-5-3-4-6-19(17)15-20/h7-12,15,23,29H,3-6,13-14H2,1-2H3/b24-22-. The fourth-order valence-corrected chi connectivity index (χ4v) is 4.57. The zero-order valence-corrected chi connectivity index (χ0v) is 18.8. The van der Waals surface area contributed by atoms with Crippen LogP contribution in [0.3, 0.4) is 0 Å². The fourth-order valence-electron chi connectivity index (χ4n) is 4.57. The van der Waals surface area contributed by atoms with Gasteiger partial charge in [-0.05, 0) is 60.6 Å². The first-order chi connectivity index (χ1) is 15.9. The summed E-state index contributed by atoms with van der Waals surface area (Å²) in [5.74, 6) is -1.68. The Morgan fingerprint density at radius 2 is 1.76 bits per heavy atom. The zero-order chi connectivity index (χ0) is 23.5. The predicted octanol–water partition coefficient (Wildman–Crippen LogP) is 3.56. The molecule has 172 valence electrons. The summed E-state index contributed by atoms with van der Waals surface area (Å²) < 4.78 is 10.2. The van der Waals surface area contributed by atoms with Gasteiger partial charge < -0.3 is 19.5 Å². The summed E-state index contributed by atoms with van der Waals surface area (Å²) in [7, 11) is 1.52. The van der Waals surface area contributed by atoms with Crippen molar-refractivity contribution in [3.05, 3.63) is 70.3 Å². The molecule has 0 bridgehead atoms. The van der Waals surface area contributed by atoms with Gasteiger partial charge in [-0.1, -0.05) is 24.3 Å². The number of fused-ring (bicyclic) bond motifs is 1. The lowest BCUT2D eigenvalue weighted by atomic mass is 9.88. The highest BCUT2D eigenvalue weighted by molar-refractivity contribution is 6.46. The second kappa shape index (κ2) is 9.58. The van der Waals surface area contributed by atoms with E-state index in [1.165, 1.54) is 30.1 Å². The number of aliphatic hydroxyl groups excluding tert-OH is 1. The van der Waals surface area contributed by atoms with Crippen LogP contribution in [0.15, 0.2) is 48.0 Å². The van der Waals surface area contributed by atoms with Gasteiger partial charge in [0.1, 0.15) is 11.5 Å². The number of likely N-dealkylation sites (tertiary alicyclic amines) is 1. The number of hydrogen-bond acceptors (Lipinski definition) is 6. The molecule has 1 aliphatic heterocycles. The van der Waals surface area contributed by atoms with E-state index in [4.69, 9.17) is 9.47 Å². The van der Waals surface area contributed by atoms with Crippen molar-refractivity contribution in [2.24, 2.45) is 0 Å². The second-order valence-electron chi connectivity index (χ2n) is 8.34. The van der Waals surface area contributed by atoms with Gasteiger partial charge in [-0.15, -0.1) is 0 Å². The molecule has 1 N–H and O–H groups in total. The Kier molecular flexibility index (Phi) is 6.60. The average Bonchev–Trinajstić information content (AvgIpc) is 3.07. The molecule has 1 heterocycles. The number of hydrogen-bond donors (Lipinski definition) is 1. The van der Waals surface area contributed by atoms with Crippen LogP contribution in [0, 0.1) is 0 Å². The lowest BCUT2D eigenvalue weighted by molar-refractivity contribution is -0.140. The van der Waals surface area contributed by atoms with Crippen molar-refractivity contribution in [1.82, 2.24) is 4.90 Å². The van der Waals surface area contributed by atoms with Crippen LogP contribution in [-0.2, 0) is 32.0 Å². The van der Waals surface area contributed by atoms with Gasteiger partial charge in [0, 0.05) is 26.1 Å². The Labute approximate surface area is 192 Å². The fraction of sp³-hybridized carbons (Fsp3) is 0.346. The van der Waals surface area contributed by atoms with E-state index in [9.17, 15) is 19.5 Å². The maximum atomic E-state index is 13.1. The van der Waals surface area contributed by atoms with E-state index in [-0.39, 0.29) is 24.5 Å². The van der Waals surface area contributed by atoms with E-state index < -0.39 is 23.7 Å². The number of amides is 1. The Morgan fingerprint density at radius 3 is 2.42 bits per heavy atom. The lowest BCUT2D eigenvalue weighted by Crippen LogP contribution is -2.32. The van der Waals surface area contributed by atoms with Crippen LogP contribution >= 0.6 is 0 Å². The van der Waals surface area contributed by atoms with Crippen LogP contribution < -0.4 is 4.74 Å². The molecule has 33 heavy (non-hydrogen) atoms. The molecule has 1 saturated heterocycles. The minimum atomic E-state index is -0.775. The van der Waals surface area contributed by atoms with Crippen molar-refractivity contribution in [3.8, 4) is 5.75 Å². The first kappa shape index (κ1) is 22.7. The molecular formula is C26H27NO6. The van der Waals surface area contributed by atoms with Crippen molar-refractivity contribution in [1.29, 1.82) is 0 Å². The second-order valence-corrected chi connectivity index (χ2v) is 8.34. The number of carbonyl (C=O) groups excluding carboxylic acids is 3. The van der Waals surface area contributed by atoms with Gasteiger partial charge in [-0.3, -0.25) is 14.4 Å². The molecule has 0 spiro atoms. The van der Waals surface area contributed by atoms with E-state index in [0.29, 0.717) is 16.9 Å². The van der Waals surface area contributed by atoms with Gasteiger partial charge in [0.05, 0.1) is 18.2 Å². The topological polar surface area (TPSA) is 93.1 Å². The first-order valence-electron chi connectivity index (χ1n) is 11.1. The van der Waals surface area contributed by atoms with Crippen LogP contribution in [0.25, 0.3) is 5.76 Å². The average molecular weight is 450 g/mol. The van der Waals surface area contributed by atoms with Gasteiger partial charge in [0.2, 0.25) is 0 Å². The van der Waals surface area contributed by atoms with E-state index >= 15 is 0 Å². The maximum absolute atomic E-state index is 13.1. The minimum absolute atomic E-state index is 0.0482. The summed E-state index contributed by atoms with van der Waals surface area (Å²) in [5.41, 5.74) is 3.63. The monoisotopic (exact) mass is 449 g/mol. The third-order valence-corrected chi connectivity index (χ3v) is 6.16. The first-order valence-corrected chi connectivity index (χ1v) is 11.1. The van der Waals surface area contributed by atoms with Gasteiger partial charge in [0.15, 0.2) is 0 Å². The quantitative estimate of drug-likeness (QED) is 0.238. The highest BCUT2D eigenvalue weighted by atomic mass is 16.5. The Hall–Kier alpha value is -3.45. The van der Waals surface area contributed by atoms with Crippen LogP contribution in [0.1, 0.15) is 48.1 Å². The summed E-state index contributed by atoms with van der Waals surface area (Å²) in [5, 5.41) is 11.2. The van der Waals surface area contributed by atoms with Gasteiger partial charge in [-0.2, -0.15) is 0 Å². The molecule has 2 aromatic carbocycles. The molecule has 7 heteroatoms. The van der Waals surface area contributed by atoms with Gasteiger partial charge in [0.25, 0.3) is 11.7 Å². The molecular weight excluding hydrogens is 422 g/mol. The van der Waals surface area contributed by atoms with E-state index in [0.717, 1.165) is 25.7 Å². The zero-order valence-electron chi connectivity index (χ0n) is 18.8. The number of ketones is 1.